The molecule has 1 fully saturated rings. The number of fused-ring (bicyclic) bond motifs is 1. The van der Waals surface area contributed by atoms with Crippen LogP contribution in [0.25, 0.3) is 10.9 Å². The Bertz CT molecular complexity index is 854. The lowest BCUT2D eigenvalue weighted by Crippen LogP contribution is -2.30. The number of rotatable bonds is 4. The third-order valence-electron chi connectivity index (χ3n) is 4.60. The molecule has 6 nitrogen and oxygen atoms in total. The molecule has 6 heteroatoms. The maximum Gasteiger partial charge on any atom is 0.221 e. The van der Waals surface area contributed by atoms with Crippen LogP contribution in [-0.2, 0) is 18.2 Å². The molecule has 4 rings (SSSR count). The summed E-state index contributed by atoms with van der Waals surface area (Å²) in [5.74, 6) is 1.97. The van der Waals surface area contributed by atoms with Crippen LogP contribution in [-0.4, -0.2) is 39.0 Å². The van der Waals surface area contributed by atoms with Crippen LogP contribution in [0.2, 0.25) is 0 Å². The number of anilines is 1. The number of hydrogen-bond acceptors (Lipinski definition) is 5. The highest BCUT2D eigenvalue weighted by atomic mass is 16.5. The molecule has 3 heterocycles. The molecule has 0 saturated carbocycles. The van der Waals surface area contributed by atoms with Gasteiger partial charge in [0.15, 0.2) is 0 Å². The number of hydrogen-bond donors (Lipinski definition) is 1. The van der Waals surface area contributed by atoms with Gasteiger partial charge in [-0.2, -0.15) is 10.1 Å². The SMILES string of the molecule is Cc1nc(N[C@H]2COC[C@H]2Cc2ccnc3ccccc23)n(C)n1. The highest BCUT2D eigenvalue weighted by Gasteiger charge is 2.29. The standard InChI is InChI=1S/C18H21N5O/c1-12-20-18(23(2)22-12)21-17-11-24-10-14(17)9-13-7-8-19-16-6-4-3-5-15(13)16/h3-8,14,17H,9-11H2,1-2H3,(H,20,21,22)/t14-,17+/m1/s1. The molecule has 1 aromatic carbocycles. The predicted octanol–water partition coefficient (Wildman–Crippen LogP) is 2.34. The maximum absolute atomic E-state index is 5.74. The van der Waals surface area contributed by atoms with Crippen LogP contribution >= 0.6 is 0 Å². The highest BCUT2D eigenvalue weighted by Crippen LogP contribution is 2.25. The fourth-order valence-electron chi connectivity index (χ4n) is 3.38. The molecule has 1 saturated heterocycles. The Morgan fingerprint density at radius 3 is 2.96 bits per heavy atom. The number of aromatic nitrogens is 4. The number of pyridine rings is 1. The summed E-state index contributed by atoms with van der Waals surface area (Å²) in [6.45, 7) is 3.35. The number of ether oxygens (including phenoxy) is 1. The van der Waals surface area contributed by atoms with Crippen LogP contribution in [0.15, 0.2) is 36.5 Å². The molecule has 0 amide bonds. The minimum atomic E-state index is 0.235. The van der Waals surface area contributed by atoms with Gasteiger partial charge in [-0.25, -0.2) is 4.68 Å². The maximum atomic E-state index is 5.74. The van der Waals surface area contributed by atoms with E-state index in [-0.39, 0.29) is 6.04 Å². The van der Waals surface area contributed by atoms with Crippen LogP contribution in [0.3, 0.4) is 0 Å². The molecule has 24 heavy (non-hydrogen) atoms. The summed E-state index contributed by atoms with van der Waals surface area (Å²) in [5.41, 5.74) is 2.36. The summed E-state index contributed by atoms with van der Waals surface area (Å²) < 4.78 is 7.52. The van der Waals surface area contributed by atoms with Crippen LogP contribution in [0.1, 0.15) is 11.4 Å². The largest absolute Gasteiger partial charge is 0.379 e. The molecular weight excluding hydrogens is 302 g/mol. The fraction of sp³-hybridized carbons (Fsp3) is 0.389. The molecule has 0 spiro atoms. The zero-order valence-electron chi connectivity index (χ0n) is 13.9. The Balaban J connectivity index is 1.55. The minimum Gasteiger partial charge on any atom is -0.379 e. The third kappa shape index (κ3) is 2.85. The van der Waals surface area contributed by atoms with Crippen LogP contribution < -0.4 is 5.32 Å². The average molecular weight is 323 g/mol. The van der Waals surface area contributed by atoms with Crippen LogP contribution in [0.5, 0.6) is 0 Å². The number of para-hydroxylation sites is 1. The van der Waals surface area contributed by atoms with Crippen molar-refractivity contribution in [2.45, 2.75) is 19.4 Å². The lowest BCUT2D eigenvalue weighted by Gasteiger charge is -2.20. The summed E-state index contributed by atoms with van der Waals surface area (Å²) in [7, 11) is 1.91. The third-order valence-corrected chi connectivity index (χ3v) is 4.60. The zero-order chi connectivity index (χ0) is 16.5. The normalized spacial score (nSPS) is 20.6. The van der Waals surface area contributed by atoms with Crippen molar-refractivity contribution in [1.29, 1.82) is 0 Å². The highest BCUT2D eigenvalue weighted by molar-refractivity contribution is 5.81. The van der Waals surface area contributed by atoms with Gasteiger partial charge in [0, 0.05) is 24.5 Å². The van der Waals surface area contributed by atoms with E-state index < -0.39 is 0 Å². The van der Waals surface area contributed by atoms with Gasteiger partial charge >= 0.3 is 0 Å². The Morgan fingerprint density at radius 2 is 2.12 bits per heavy atom. The quantitative estimate of drug-likeness (QED) is 0.798. The Labute approximate surface area is 140 Å². The van der Waals surface area contributed by atoms with E-state index in [1.165, 1.54) is 10.9 Å². The molecule has 3 aromatic rings. The predicted molar refractivity (Wildman–Crippen MR) is 92.9 cm³/mol. The second-order valence-corrected chi connectivity index (χ2v) is 6.35. The van der Waals surface area contributed by atoms with Crippen molar-refractivity contribution in [3.05, 3.63) is 47.9 Å². The molecule has 0 aliphatic carbocycles. The second kappa shape index (κ2) is 6.20. The lowest BCUT2D eigenvalue weighted by atomic mass is 9.93. The van der Waals surface area contributed by atoms with Gasteiger partial charge in [-0.3, -0.25) is 4.98 Å². The summed E-state index contributed by atoms with van der Waals surface area (Å²) in [4.78, 5) is 8.89. The molecule has 2 atom stereocenters. The smallest absolute Gasteiger partial charge is 0.221 e. The van der Waals surface area contributed by atoms with E-state index in [2.05, 4.69) is 44.6 Å². The first kappa shape index (κ1) is 15.1. The summed E-state index contributed by atoms with van der Waals surface area (Å²) >= 11 is 0. The molecule has 0 unspecified atom stereocenters. The van der Waals surface area contributed by atoms with E-state index in [1.54, 1.807) is 4.68 Å². The van der Waals surface area contributed by atoms with E-state index in [1.807, 2.05) is 26.2 Å². The van der Waals surface area contributed by atoms with Crippen molar-refractivity contribution < 1.29 is 4.74 Å². The van der Waals surface area contributed by atoms with Gasteiger partial charge in [0.2, 0.25) is 5.95 Å². The second-order valence-electron chi connectivity index (χ2n) is 6.35. The van der Waals surface area contributed by atoms with Crippen molar-refractivity contribution in [3.63, 3.8) is 0 Å². The monoisotopic (exact) mass is 323 g/mol. The van der Waals surface area contributed by atoms with E-state index >= 15 is 0 Å². The molecule has 0 bridgehead atoms. The molecule has 2 aromatic heterocycles. The summed E-state index contributed by atoms with van der Waals surface area (Å²) in [6, 6.07) is 10.6. The first-order valence-corrected chi connectivity index (χ1v) is 8.25. The molecule has 124 valence electrons. The first-order chi connectivity index (χ1) is 11.7. The summed E-state index contributed by atoms with van der Waals surface area (Å²) in [6.07, 6.45) is 2.85. The van der Waals surface area contributed by atoms with Gasteiger partial charge in [0.05, 0.1) is 24.8 Å². The Hall–Kier alpha value is -2.47. The zero-order valence-corrected chi connectivity index (χ0v) is 13.9. The number of nitrogens with zero attached hydrogens (tertiary/aromatic N) is 4. The Kier molecular flexibility index (Phi) is 3.90. The molecule has 1 aliphatic rings. The van der Waals surface area contributed by atoms with Crippen molar-refractivity contribution in [1.82, 2.24) is 19.7 Å². The van der Waals surface area contributed by atoms with E-state index in [0.717, 1.165) is 30.3 Å². The van der Waals surface area contributed by atoms with Crippen LogP contribution in [0.4, 0.5) is 5.95 Å². The van der Waals surface area contributed by atoms with E-state index in [4.69, 9.17) is 4.74 Å². The van der Waals surface area contributed by atoms with Gasteiger partial charge in [0.25, 0.3) is 0 Å². The van der Waals surface area contributed by atoms with E-state index in [9.17, 15) is 0 Å². The lowest BCUT2D eigenvalue weighted by molar-refractivity contribution is 0.185. The Morgan fingerprint density at radius 1 is 1.25 bits per heavy atom. The van der Waals surface area contributed by atoms with Crippen molar-refractivity contribution >= 4 is 16.9 Å². The van der Waals surface area contributed by atoms with Gasteiger partial charge in [-0.1, -0.05) is 18.2 Å². The van der Waals surface area contributed by atoms with E-state index in [0.29, 0.717) is 12.5 Å². The van der Waals surface area contributed by atoms with Crippen LogP contribution in [0, 0.1) is 12.8 Å². The van der Waals surface area contributed by atoms with Gasteiger partial charge in [-0.15, -0.1) is 0 Å². The summed E-state index contributed by atoms with van der Waals surface area (Å²) in [5, 5.41) is 9.02. The van der Waals surface area contributed by atoms with Crippen molar-refractivity contribution in [2.24, 2.45) is 13.0 Å². The first-order valence-electron chi connectivity index (χ1n) is 8.25. The molecule has 1 N–H and O–H groups in total. The van der Waals surface area contributed by atoms with Gasteiger partial charge in [0.1, 0.15) is 5.82 Å². The fourth-order valence-corrected chi connectivity index (χ4v) is 3.38. The molecule has 0 radical (unpaired) electrons. The van der Waals surface area contributed by atoms with Gasteiger partial charge in [-0.05, 0) is 31.0 Å². The minimum absolute atomic E-state index is 0.235. The van der Waals surface area contributed by atoms with Crippen molar-refractivity contribution in [3.8, 4) is 0 Å². The van der Waals surface area contributed by atoms with Gasteiger partial charge < -0.3 is 10.1 Å². The molecular formula is C18H21N5O. The molecule has 1 aliphatic heterocycles. The average Bonchev–Trinajstić information content (AvgIpc) is 3.14. The van der Waals surface area contributed by atoms with Crippen molar-refractivity contribution in [2.75, 3.05) is 18.5 Å². The number of nitrogens with one attached hydrogen (secondary N) is 1. The number of aryl methyl sites for hydroxylation is 2. The topological polar surface area (TPSA) is 64.9 Å². The number of benzene rings is 1.